The van der Waals surface area contributed by atoms with Crippen LogP contribution in [-0.4, -0.2) is 16.2 Å². The largest absolute Gasteiger partial charge is 0.334 e. The molecule has 1 aromatic heterocycles. The average molecular weight is 497 g/mol. The molecule has 0 spiro atoms. The summed E-state index contributed by atoms with van der Waals surface area (Å²) in [5.41, 5.74) is 1.80. The Morgan fingerprint density at radius 2 is 1.69 bits per heavy atom. The normalized spacial score (nSPS) is 16.0. The quantitative estimate of drug-likeness (QED) is 0.349. The minimum atomic E-state index is -0.844. The van der Waals surface area contributed by atoms with Gasteiger partial charge in [-0.15, -0.1) is 0 Å². The Kier molecular flexibility index (Phi) is 5.78. The standard InChI is InChI=1S/C25H16ClF3N4O2/c1-13-21(24-31-23(32-35-24)15-3-2-4-16(26)9-15)22(14-5-7-17(27)8-6-14)30-25(34)33(13)20-11-18(28)10-19(29)12-20/h2-12,22H,1H3,(H,30,34). The summed E-state index contributed by atoms with van der Waals surface area (Å²) >= 11 is 6.08. The Morgan fingerprint density at radius 1 is 0.971 bits per heavy atom. The number of hydrogen-bond donors (Lipinski definition) is 1. The van der Waals surface area contributed by atoms with Gasteiger partial charge in [0.2, 0.25) is 5.82 Å². The number of nitrogens with one attached hydrogen (secondary N) is 1. The van der Waals surface area contributed by atoms with E-state index in [1.54, 1.807) is 31.2 Å². The van der Waals surface area contributed by atoms with E-state index in [9.17, 15) is 18.0 Å². The second-order valence-corrected chi connectivity index (χ2v) is 8.27. The SMILES string of the molecule is CC1=C(c2nc(-c3cccc(Cl)c3)no2)C(c2ccc(F)cc2)NC(=O)N1c1cc(F)cc(F)c1. The maximum absolute atomic E-state index is 14.0. The number of allylic oxidation sites excluding steroid dienone is 1. The highest BCUT2D eigenvalue weighted by molar-refractivity contribution is 6.30. The molecule has 1 N–H and O–H groups in total. The lowest BCUT2D eigenvalue weighted by Gasteiger charge is -2.35. The van der Waals surface area contributed by atoms with Gasteiger partial charge in [0, 0.05) is 22.3 Å². The first-order valence-electron chi connectivity index (χ1n) is 10.4. The average Bonchev–Trinajstić information content (AvgIpc) is 3.28. The number of aromatic nitrogens is 2. The Bertz CT molecular complexity index is 1450. The molecule has 0 bridgehead atoms. The summed E-state index contributed by atoms with van der Waals surface area (Å²) in [7, 11) is 0. The maximum Gasteiger partial charge on any atom is 0.327 e. The van der Waals surface area contributed by atoms with Gasteiger partial charge in [-0.1, -0.05) is 41.0 Å². The van der Waals surface area contributed by atoms with Crippen molar-refractivity contribution in [3.05, 3.63) is 106 Å². The maximum atomic E-state index is 14.0. The molecule has 3 aromatic carbocycles. The molecule has 2 heterocycles. The van der Waals surface area contributed by atoms with Crippen LogP contribution in [0.2, 0.25) is 5.02 Å². The van der Waals surface area contributed by atoms with Crippen LogP contribution in [0.3, 0.4) is 0 Å². The van der Waals surface area contributed by atoms with Gasteiger partial charge in [0.15, 0.2) is 0 Å². The van der Waals surface area contributed by atoms with Crippen LogP contribution in [0, 0.1) is 17.5 Å². The van der Waals surface area contributed by atoms with Crippen molar-refractivity contribution in [2.45, 2.75) is 13.0 Å². The summed E-state index contributed by atoms with van der Waals surface area (Å²) in [4.78, 5) is 18.7. The van der Waals surface area contributed by atoms with Crippen molar-refractivity contribution < 1.29 is 22.5 Å². The number of carbonyl (C=O) groups is 1. The van der Waals surface area contributed by atoms with Crippen LogP contribution in [0.15, 0.2) is 77.0 Å². The molecule has 176 valence electrons. The van der Waals surface area contributed by atoms with Crippen LogP contribution in [-0.2, 0) is 0 Å². The Morgan fingerprint density at radius 3 is 2.37 bits per heavy atom. The molecule has 0 radical (unpaired) electrons. The lowest BCUT2D eigenvalue weighted by atomic mass is 9.94. The Hall–Kier alpha value is -4.11. The summed E-state index contributed by atoms with van der Waals surface area (Å²) in [5.74, 6) is -1.82. The molecule has 1 unspecified atom stereocenters. The third kappa shape index (κ3) is 4.38. The van der Waals surface area contributed by atoms with Gasteiger partial charge < -0.3 is 9.84 Å². The summed E-state index contributed by atoms with van der Waals surface area (Å²) in [6.07, 6.45) is 0. The molecule has 35 heavy (non-hydrogen) atoms. The number of halogens is 4. The third-order valence-electron chi connectivity index (χ3n) is 5.53. The molecule has 0 saturated carbocycles. The monoisotopic (exact) mass is 496 g/mol. The number of rotatable bonds is 4. The van der Waals surface area contributed by atoms with E-state index in [0.29, 0.717) is 33.5 Å². The predicted molar refractivity (Wildman–Crippen MR) is 124 cm³/mol. The summed E-state index contributed by atoms with van der Waals surface area (Å²) < 4.78 is 47.0. The number of anilines is 1. The number of nitrogens with zero attached hydrogens (tertiary/aromatic N) is 3. The van der Waals surface area contributed by atoms with Crippen LogP contribution in [0.1, 0.15) is 24.4 Å². The smallest absolute Gasteiger partial charge is 0.327 e. The molecule has 0 saturated heterocycles. The van der Waals surface area contributed by atoms with E-state index in [1.165, 1.54) is 24.3 Å². The van der Waals surface area contributed by atoms with E-state index >= 15 is 0 Å². The fourth-order valence-corrected chi connectivity index (χ4v) is 4.17. The van der Waals surface area contributed by atoms with Crippen LogP contribution in [0.25, 0.3) is 17.0 Å². The van der Waals surface area contributed by atoms with Crippen molar-refractivity contribution in [1.82, 2.24) is 15.5 Å². The van der Waals surface area contributed by atoms with Crippen molar-refractivity contribution in [2.75, 3.05) is 4.90 Å². The van der Waals surface area contributed by atoms with Gasteiger partial charge in [0.25, 0.3) is 5.89 Å². The highest BCUT2D eigenvalue weighted by Gasteiger charge is 2.36. The molecule has 1 aliphatic rings. The molecule has 1 atom stereocenters. The zero-order valence-electron chi connectivity index (χ0n) is 18.1. The van der Waals surface area contributed by atoms with Crippen LogP contribution < -0.4 is 10.2 Å². The molecule has 5 rings (SSSR count). The van der Waals surface area contributed by atoms with E-state index in [0.717, 1.165) is 17.0 Å². The van der Waals surface area contributed by atoms with E-state index in [2.05, 4.69) is 15.5 Å². The van der Waals surface area contributed by atoms with Crippen LogP contribution >= 0.6 is 11.6 Å². The second kappa shape index (κ2) is 8.92. The van der Waals surface area contributed by atoms with Crippen molar-refractivity contribution in [3.8, 4) is 11.4 Å². The van der Waals surface area contributed by atoms with Crippen molar-refractivity contribution in [3.63, 3.8) is 0 Å². The number of carbonyl (C=O) groups excluding carboxylic acids is 1. The fraction of sp³-hybridized carbons (Fsp3) is 0.0800. The second-order valence-electron chi connectivity index (χ2n) is 7.83. The predicted octanol–water partition coefficient (Wildman–Crippen LogP) is 6.51. The number of urea groups is 1. The third-order valence-corrected chi connectivity index (χ3v) is 5.77. The number of benzene rings is 3. The van der Waals surface area contributed by atoms with E-state index in [4.69, 9.17) is 16.1 Å². The fourth-order valence-electron chi connectivity index (χ4n) is 3.98. The highest BCUT2D eigenvalue weighted by atomic mass is 35.5. The van der Waals surface area contributed by atoms with Gasteiger partial charge in [-0.25, -0.2) is 18.0 Å². The zero-order chi connectivity index (χ0) is 24.7. The van der Waals surface area contributed by atoms with Gasteiger partial charge in [-0.3, -0.25) is 4.90 Å². The first kappa shape index (κ1) is 22.7. The zero-order valence-corrected chi connectivity index (χ0v) is 18.9. The van der Waals surface area contributed by atoms with Crippen LogP contribution in [0.4, 0.5) is 23.7 Å². The Labute approximate surface area is 202 Å². The van der Waals surface area contributed by atoms with Gasteiger partial charge in [-0.05, 0) is 48.9 Å². The Balaban J connectivity index is 1.67. The summed E-state index contributed by atoms with van der Waals surface area (Å²) in [6.45, 7) is 1.59. The highest BCUT2D eigenvalue weighted by Crippen LogP contribution is 2.39. The molecule has 1 aliphatic heterocycles. The van der Waals surface area contributed by atoms with Crippen molar-refractivity contribution in [2.24, 2.45) is 0 Å². The number of amides is 2. The molecule has 4 aromatic rings. The van der Waals surface area contributed by atoms with E-state index < -0.39 is 29.5 Å². The molecular weight excluding hydrogens is 481 g/mol. The van der Waals surface area contributed by atoms with Gasteiger partial charge in [-0.2, -0.15) is 4.98 Å². The lowest BCUT2D eigenvalue weighted by Crippen LogP contribution is -2.46. The topological polar surface area (TPSA) is 71.3 Å². The first-order valence-corrected chi connectivity index (χ1v) is 10.8. The van der Waals surface area contributed by atoms with Gasteiger partial charge >= 0.3 is 6.03 Å². The minimum Gasteiger partial charge on any atom is -0.334 e. The molecule has 10 heteroatoms. The summed E-state index contributed by atoms with van der Waals surface area (Å²) in [6, 6.07) is 13.7. The van der Waals surface area contributed by atoms with Crippen LogP contribution in [0.5, 0.6) is 0 Å². The molecule has 0 fully saturated rings. The van der Waals surface area contributed by atoms with E-state index in [1.807, 2.05) is 0 Å². The summed E-state index contributed by atoms with van der Waals surface area (Å²) in [5, 5.41) is 7.31. The van der Waals surface area contributed by atoms with Gasteiger partial charge in [0.05, 0.1) is 17.3 Å². The first-order chi connectivity index (χ1) is 16.8. The molecular formula is C25H16ClF3N4O2. The molecule has 2 amide bonds. The minimum absolute atomic E-state index is 0.0258. The van der Waals surface area contributed by atoms with Crippen molar-refractivity contribution >= 4 is 28.9 Å². The lowest BCUT2D eigenvalue weighted by molar-refractivity contribution is 0.244. The van der Waals surface area contributed by atoms with E-state index in [-0.39, 0.29) is 17.4 Å². The molecule has 0 aliphatic carbocycles. The van der Waals surface area contributed by atoms with Crippen molar-refractivity contribution in [1.29, 1.82) is 0 Å². The number of hydrogen-bond acceptors (Lipinski definition) is 4. The van der Waals surface area contributed by atoms with Gasteiger partial charge in [0.1, 0.15) is 17.5 Å². The molecule has 6 nitrogen and oxygen atoms in total.